The summed E-state index contributed by atoms with van der Waals surface area (Å²) in [5, 5.41) is 9.75. The van der Waals surface area contributed by atoms with Gasteiger partial charge in [0.1, 0.15) is 11.6 Å². The Morgan fingerprint density at radius 3 is 2.03 bits per heavy atom. The number of ether oxygens (including phenoxy) is 5. The van der Waals surface area contributed by atoms with Crippen LogP contribution in [0.5, 0.6) is 5.75 Å². The van der Waals surface area contributed by atoms with Crippen molar-refractivity contribution in [3.8, 4) is 5.75 Å². The number of aliphatic hydroxyl groups excluding tert-OH is 1. The highest BCUT2D eigenvalue weighted by atomic mass is 19.1. The Kier molecular flexibility index (Phi) is 13.1. The van der Waals surface area contributed by atoms with Crippen molar-refractivity contribution in [3.63, 3.8) is 0 Å². The summed E-state index contributed by atoms with van der Waals surface area (Å²) >= 11 is 0. The lowest BCUT2D eigenvalue weighted by Crippen LogP contribution is -2.38. The molecule has 0 radical (unpaired) electrons. The molecule has 0 bridgehead atoms. The van der Waals surface area contributed by atoms with E-state index in [1.807, 2.05) is 45.0 Å². The number of aliphatic hydroxyl groups is 1. The molecule has 7 heteroatoms. The lowest BCUT2D eigenvalue weighted by molar-refractivity contribution is -0.186. The summed E-state index contributed by atoms with van der Waals surface area (Å²) in [5.41, 5.74) is 2.00. The van der Waals surface area contributed by atoms with Crippen molar-refractivity contribution < 1.29 is 33.2 Å². The second-order valence-electron chi connectivity index (χ2n) is 8.08. The maximum atomic E-state index is 13.5. The fraction of sp³-hybridized carbons (Fsp3) is 0.556. The highest BCUT2D eigenvalue weighted by Gasteiger charge is 2.29. The zero-order valence-electron chi connectivity index (χ0n) is 20.7. The second kappa shape index (κ2) is 15.8. The topological polar surface area (TPSA) is 66.4 Å². The average molecular weight is 479 g/mol. The van der Waals surface area contributed by atoms with Crippen LogP contribution < -0.4 is 4.74 Å². The van der Waals surface area contributed by atoms with E-state index in [2.05, 4.69) is 0 Å². The number of halogens is 1. The fourth-order valence-electron chi connectivity index (χ4n) is 3.83. The molecule has 0 fully saturated rings. The predicted octanol–water partition coefficient (Wildman–Crippen LogP) is 4.77. The second-order valence-corrected chi connectivity index (χ2v) is 8.08. The molecule has 0 aliphatic carbocycles. The molecule has 2 aromatic carbocycles. The maximum absolute atomic E-state index is 13.5. The van der Waals surface area contributed by atoms with Crippen LogP contribution in [-0.4, -0.2) is 57.1 Å². The van der Waals surface area contributed by atoms with Gasteiger partial charge in [-0.1, -0.05) is 24.3 Å². The van der Waals surface area contributed by atoms with Crippen LogP contribution in [0.4, 0.5) is 4.39 Å². The first-order chi connectivity index (χ1) is 16.5. The zero-order valence-corrected chi connectivity index (χ0v) is 20.7. The van der Waals surface area contributed by atoms with Gasteiger partial charge in [-0.3, -0.25) is 0 Å². The number of hydrogen-bond donors (Lipinski definition) is 1. The third-order valence-corrected chi connectivity index (χ3v) is 5.70. The van der Waals surface area contributed by atoms with E-state index in [1.54, 1.807) is 19.2 Å². The number of rotatable bonds is 17. The molecule has 0 aliphatic heterocycles. The van der Waals surface area contributed by atoms with Crippen molar-refractivity contribution in [2.45, 2.75) is 58.7 Å². The summed E-state index contributed by atoms with van der Waals surface area (Å²) in [6.07, 6.45) is 0.0827. The molecule has 2 rings (SSSR count). The van der Waals surface area contributed by atoms with Gasteiger partial charge >= 0.3 is 0 Å². The van der Waals surface area contributed by atoms with Crippen LogP contribution in [0.3, 0.4) is 0 Å². The Morgan fingerprint density at radius 1 is 0.853 bits per heavy atom. The number of benzene rings is 2. The van der Waals surface area contributed by atoms with E-state index in [1.165, 1.54) is 12.1 Å². The quantitative estimate of drug-likeness (QED) is 0.331. The minimum atomic E-state index is -0.474. The molecule has 3 unspecified atom stereocenters. The van der Waals surface area contributed by atoms with E-state index in [0.29, 0.717) is 32.7 Å². The first-order valence-corrected chi connectivity index (χ1v) is 11.9. The lowest BCUT2D eigenvalue weighted by atomic mass is 9.88. The van der Waals surface area contributed by atoms with E-state index in [9.17, 15) is 9.50 Å². The first kappa shape index (κ1) is 28.2. The number of methoxy groups -OCH3 is 1. The smallest absolute Gasteiger partial charge is 0.180 e. The Morgan fingerprint density at radius 2 is 1.47 bits per heavy atom. The summed E-state index contributed by atoms with van der Waals surface area (Å²) in [5.74, 6) is 0.434. The highest BCUT2D eigenvalue weighted by Crippen LogP contribution is 2.25. The summed E-state index contributed by atoms with van der Waals surface area (Å²) in [7, 11) is 1.64. The van der Waals surface area contributed by atoms with Crippen LogP contribution in [0.2, 0.25) is 0 Å². The Hall–Kier alpha value is -2.03. The number of hydrogen-bond acceptors (Lipinski definition) is 6. The normalized spacial score (nSPS) is 14.2. The SMILES string of the molecule is CCOC(COC(CCO)C(Cc1ccc(F)cc1)C(C)OCc1ccc(OC)cc1)OCC. The Bertz CT molecular complexity index is 777. The predicted molar refractivity (Wildman–Crippen MR) is 129 cm³/mol. The molecule has 2 aromatic rings. The van der Waals surface area contributed by atoms with Crippen molar-refractivity contribution >= 4 is 0 Å². The molecule has 0 aromatic heterocycles. The molecule has 0 amide bonds. The molecular formula is C27H39FO6. The molecule has 190 valence electrons. The van der Waals surface area contributed by atoms with Gasteiger partial charge in [0.25, 0.3) is 0 Å². The van der Waals surface area contributed by atoms with E-state index < -0.39 is 6.29 Å². The van der Waals surface area contributed by atoms with Crippen LogP contribution in [0, 0.1) is 11.7 Å². The lowest BCUT2D eigenvalue weighted by Gasteiger charge is -2.33. The van der Waals surface area contributed by atoms with Crippen molar-refractivity contribution in [1.82, 2.24) is 0 Å². The van der Waals surface area contributed by atoms with Crippen LogP contribution in [-0.2, 0) is 32.0 Å². The first-order valence-electron chi connectivity index (χ1n) is 11.9. The third kappa shape index (κ3) is 9.68. The summed E-state index contributed by atoms with van der Waals surface area (Å²) in [4.78, 5) is 0. The third-order valence-electron chi connectivity index (χ3n) is 5.70. The molecule has 0 heterocycles. The minimum Gasteiger partial charge on any atom is -0.497 e. The van der Waals surface area contributed by atoms with Crippen LogP contribution in [0.1, 0.15) is 38.3 Å². The summed E-state index contributed by atoms with van der Waals surface area (Å²) < 4.78 is 42.4. The Labute approximate surface area is 202 Å². The summed E-state index contributed by atoms with van der Waals surface area (Å²) in [6, 6.07) is 14.2. The minimum absolute atomic E-state index is 0.0241. The van der Waals surface area contributed by atoms with Gasteiger partial charge in [0, 0.05) is 25.7 Å². The van der Waals surface area contributed by atoms with Crippen LogP contribution in [0.15, 0.2) is 48.5 Å². The van der Waals surface area contributed by atoms with Crippen molar-refractivity contribution in [1.29, 1.82) is 0 Å². The molecule has 0 spiro atoms. The monoisotopic (exact) mass is 478 g/mol. The average Bonchev–Trinajstić information content (AvgIpc) is 2.85. The van der Waals surface area contributed by atoms with Crippen LogP contribution >= 0.6 is 0 Å². The van der Waals surface area contributed by atoms with Gasteiger partial charge in [-0.2, -0.15) is 0 Å². The molecule has 0 saturated carbocycles. The van der Waals surface area contributed by atoms with Gasteiger partial charge in [0.2, 0.25) is 0 Å². The van der Waals surface area contributed by atoms with E-state index in [0.717, 1.165) is 16.9 Å². The zero-order chi connectivity index (χ0) is 24.8. The van der Waals surface area contributed by atoms with Gasteiger partial charge in [0.15, 0.2) is 6.29 Å². The molecule has 0 aliphatic rings. The molecule has 6 nitrogen and oxygen atoms in total. The Balaban J connectivity index is 2.15. The van der Waals surface area contributed by atoms with Gasteiger partial charge in [0.05, 0.1) is 32.5 Å². The van der Waals surface area contributed by atoms with Crippen molar-refractivity contribution in [2.24, 2.45) is 5.92 Å². The summed E-state index contributed by atoms with van der Waals surface area (Å²) in [6.45, 7) is 7.50. The van der Waals surface area contributed by atoms with Crippen molar-refractivity contribution in [2.75, 3.05) is 33.5 Å². The molecular weight excluding hydrogens is 439 g/mol. The highest BCUT2D eigenvalue weighted by molar-refractivity contribution is 5.26. The van der Waals surface area contributed by atoms with Gasteiger partial charge in [-0.15, -0.1) is 0 Å². The maximum Gasteiger partial charge on any atom is 0.180 e. The van der Waals surface area contributed by atoms with E-state index in [-0.39, 0.29) is 37.2 Å². The standard InChI is InChI=1S/C27H39FO6/c1-5-31-27(32-6-2)19-34-26(15-16-29)25(17-21-7-11-23(28)12-8-21)20(3)33-18-22-9-13-24(30-4)14-10-22/h7-14,20,25-27,29H,5-6,15-19H2,1-4H3. The molecule has 1 N–H and O–H groups in total. The fourth-order valence-corrected chi connectivity index (χ4v) is 3.83. The van der Waals surface area contributed by atoms with E-state index >= 15 is 0 Å². The van der Waals surface area contributed by atoms with E-state index in [4.69, 9.17) is 23.7 Å². The molecule has 0 saturated heterocycles. The van der Waals surface area contributed by atoms with Gasteiger partial charge < -0.3 is 28.8 Å². The van der Waals surface area contributed by atoms with Gasteiger partial charge in [-0.25, -0.2) is 4.39 Å². The van der Waals surface area contributed by atoms with Gasteiger partial charge in [-0.05, 0) is 69.0 Å². The molecule has 3 atom stereocenters. The largest absolute Gasteiger partial charge is 0.497 e. The molecule has 34 heavy (non-hydrogen) atoms. The van der Waals surface area contributed by atoms with Crippen molar-refractivity contribution in [3.05, 3.63) is 65.5 Å². The van der Waals surface area contributed by atoms with Crippen LogP contribution in [0.25, 0.3) is 0 Å².